The average molecular weight is 864 g/mol. The second-order valence-corrected chi connectivity index (χ2v) is 19.4. The largest absolute Gasteiger partial charge is 0.462 e. The lowest BCUT2D eigenvalue weighted by Gasteiger charge is -2.24. The Morgan fingerprint density at radius 2 is 0.689 bits per heavy atom. The summed E-state index contributed by atoms with van der Waals surface area (Å²) in [5.74, 6) is -0.451. The molecule has 3 atom stereocenters. The van der Waals surface area contributed by atoms with Crippen LogP contribution in [0.15, 0.2) is 0 Å². The van der Waals surface area contributed by atoms with E-state index in [0.29, 0.717) is 19.3 Å². The molecule has 0 aliphatic carbocycles. The van der Waals surface area contributed by atoms with Crippen molar-refractivity contribution in [3.63, 3.8) is 0 Å². The molecule has 0 spiro atoms. The molecule has 3 unspecified atom stereocenters. The van der Waals surface area contributed by atoms with Crippen LogP contribution in [0.3, 0.4) is 0 Å². The molecule has 0 aliphatic heterocycles. The van der Waals surface area contributed by atoms with Gasteiger partial charge in [0.15, 0.2) is 0 Å². The minimum absolute atomic E-state index is 0.0879. The molecule has 6 nitrogen and oxygen atoms in total. The summed E-state index contributed by atoms with van der Waals surface area (Å²) in [6.45, 7) is 6.51. The lowest BCUT2D eigenvalue weighted by atomic mass is 10.0. The molecule has 0 aromatic rings. The van der Waals surface area contributed by atoms with Crippen molar-refractivity contribution in [2.45, 2.75) is 334 Å². The van der Waals surface area contributed by atoms with Crippen molar-refractivity contribution in [3.8, 4) is 0 Å². The van der Waals surface area contributed by atoms with Crippen LogP contribution < -0.4 is 5.32 Å². The molecule has 0 rings (SSSR count). The van der Waals surface area contributed by atoms with Gasteiger partial charge in [0.2, 0.25) is 5.91 Å². The third-order valence-corrected chi connectivity index (χ3v) is 13.2. The molecule has 6 heteroatoms. The maximum Gasteiger partial charge on any atom is 0.306 e. The summed E-state index contributed by atoms with van der Waals surface area (Å²) in [7, 11) is 0. The predicted molar refractivity (Wildman–Crippen MR) is 264 cm³/mol. The van der Waals surface area contributed by atoms with Gasteiger partial charge in [-0.05, 0) is 25.7 Å². The van der Waals surface area contributed by atoms with Crippen LogP contribution in [0.2, 0.25) is 0 Å². The van der Waals surface area contributed by atoms with Gasteiger partial charge in [0.05, 0.1) is 25.2 Å². The Hall–Kier alpha value is -1.14. The van der Waals surface area contributed by atoms with E-state index in [9.17, 15) is 19.8 Å². The standard InChI is InChI=1S/C55H109NO5/c1-4-7-10-13-16-19-21-23-25-27-28-30-32-35-37-40-43-46-51(61-55(60)48-45-42-39-34-18-15-12-9-6-3)49-54(59)56-52(50-57)53(58)47-44-41-38-36-33-31-29-26-24-22-20-17-14-11-8-5-2/h51-53,57-58H,4-50H2,1-3H3,(H,56,59). The molecule has 1 amide bonds. The number of nitrogens with one attached hydrogen (secondary N) is 1. The number of amides is 1. The zero-order valence-electron chi connectivity index (χ0n) is 41.6. The number of carbonyl (C=O) groups excluding carboxylic acids is 2. The van der Waals surface area contributed by atoms with Gasteiger partial charge in [-0.2, -0.15) is 0 Å². The molecular weight excluding hydrogens is 755 g/mol. The van der Waals surface area contributed by atoms with E-state index in [1.54, 1.807) is 0 Å². The van der Waals surface area contributed by atoms with Crippen LogP contribution in [0.1, 0.15) is 316 Å². The smallest absolute Gasteiger partial charge is 0.306 e. The molecule has 0 aliphatic rings. The Bertz CT molecular complexity index is 882. The number of aliphatic hydroxyl groups excluding tert-OH is 2. The van der Waals surface area contributed by atoms with E-state index in [-0.39, 0.29) is 24.9 Å². The van der Waals surface area contributed by atoms with E-state index >= 15 is 0 Å². The number of unbranched alkanes of at least 4 members (excludes halogenated alkanes) is 39. The van der Waals surface area contributed by atoms with Gasteiger partial charge in [-0.3, -0.25) is 9.59 Å². The van der Waals surface area contributed by atoms with Crippen LogP contribution in [0.5, 0.6) is 0 Å². The highest BCUT2D eigenvalue weighted by atomic mass is 16.5. The van der Waals surface area contributed by atoms with Crippen LogP contribution in [-0.4, -0.2) is 46.9 Å². The highest BCUT2D eigenvalue weighted by molar-refractivity contribution is 5.77. The number of rotatable bonds is 51. The summed E-state index contributed by atoms with van der Waals surface area (Å²) in [5.41, 5.74) is 0. The van der Waals surface area contributed by atoms with E-state index in [1.807, 2.05) is 0 Å². The van der Waals surface area contributed by atoms with Crippen molar-refractivity contribution in [3.05, 3.63) is 0 Å². The molecule has 61 heavy (non-hydrogen) atoms. The Balaban J connectivity index is 4.42. The molecule has 0 bridgehead atoms. The minimum atomic E-state index is -0.779. The van der Waals surface area contributed by atoms with Crippen molar-refractivity contribution in [2.75, 3.05) is 6.61 Å². The van der Waals surface area contributed by atoms with Gasteiger partial charge in [-0.1, -0.05) is 278 Å². The molecule has 364 valence electrons. The molecule has 0 saturated heterocycles. The normalized spacial score (nSPS) is 13.1. The fourth-order valence-electron chi connectivity index (χ4n) is 8.96. The zero-order chi connectivity index (χ0) is 44.5. The highest BCUT2D eigenvalue weighted by Gasteiger charge is 2.24. The molecular formula is C55H109NO5. The lowest BCUT2D eigenvalue weighted by Crippen LogP contribution is -2.46. The second kappa shape index (κ2) is 49.9. The predicted octanol–water partition coefficient (Wildman–Crippen LogP) is 16.7. The first-order chi connectivity index (χ1) is 30.0. The van der Waals surface area contributed by atoms with Crippen molar-refractivity contribution in [1.29, 1.82) is 0 Å². The maximum atomic E-state index is 13.2. The van der Waals surface area contributed by atoms with Gasteiger partial charge in [0, 0.05) is 6.42 Å². The van der Waals surface area contributed by atoms with E-state index < -0.39 is 18.2 Å². The van der Waals surface area contributed by atoms with Crippen molar-refractivity contribution >= 4 is 11.9 Å². The lowest BCUT2D eigenvalue weighted by molar-refractivity contribution is -0.151. The Morgan fingerprint density at radius 1 is 0.410 bits per heavy atom. The number of aliphatic hydroxyl groups is 2. The van der Waals surface area contributed by atoms with Gasteiger partial charge in [0.1, 0.15) is 6.10 Å². The van der Waals surface area contributed by atoms with Crippen molar-refractivity contribution < 1.29 is 24.5 Å². The monoisotopic (exact) mass is 864 g/mol. The summed E-state index contributed by atoms with van der Waals surface area (Å²) in [4.78, 5) is 26.1. The number of hydrogen-bond acceptors (Lipinski definition) is 5. The summed E-state index contributed by atoms with van der Waals surface area (Å²) in [6, 6.07) is -0.692. The summed E-state index contributed by atoms with van der Waals surface area (Å²) in [6.07, 6.45) is 54.6. The number of ether oxygens (including phenoxy) is 1. The van der Waals surface area contributed by atoms with Crippen LogP contribution in [0, 0.1) is 0 Å². The third kappa shape index (κ3) is 45.2. The Morgan fingerprint density at radius 3 is 1.00 bits per heavy atom. The van der Waals surface area contributed by atoms with Gasteiger partial charge in [-0.15, -0.1) is 0 Å². The summed E-state index contributed by atoms with van der Waals surface area (Å²) < 4.78 is 5.94. The van der Waals surface area contributed by atoms with Crippen LogP contribution in [0.25, 0.3) is 0 Å². The third-order valence-electron chi connectivity index (χ3n) is 13.2. The first kappa shape index (κ1) is 59.9. The Labute approximate surface area is 381 Å². The SMILES string of the molecule is CCCCCCCCCCCCCCCCCCCC(CC(=O)NC(CO)C(O)CCCCCCCCCCCCCCCCCC)OC(=O)CCCCCCCCCCC. The van der Waals surface area contributed by atoms with E-state index in [4.69, 9.17) is 4.74 Å². The zero-order valence-corrected chi connectivity index (χ0v) is 41.6. The first-order valence-electron chi connectivity index (χ1n) is 27.8. The quantitative estimate of drug-likeness (QED) is 0.0418. The topological polar surface area (TPSA) is 95.9 Å². The Kier molecular flexibility index (Phi) is 48.9. The maximum absolute atomic E-state index is 13.2. The number of carbonyl (C=O) groups is 2. The fraction of sp³-hybridized carbons (Fsp3) is 0.964. The van der Waals surface area contributed by atoms with Gasteiger partial charge in [-0.25, -0.2) is 0 Å². The van der Waals surface area contributed by atoms with Gasteiger partial charge >= 0.3 is 5.97 Å². The summed E-state index contributed by atoms with van der Waals surface area (Å²) in [5, 5.41) is 23.8. The summed E-state index contributed by atoms with van der Waals surface area (Å²) >= 11 is 0. The average Bonchev–Trinajstić information content (AvgIpc) is 3.25. The fourth-order valence-corrected chi connectivity index (χ4v) is 8.96. The van der Waals surface area contributed by atoms with Crippen molar-refractivity contribution in [1.82, 2.24) is 5.32 Å². The second-order valence-electron chi connectivity index (χ2n) is 19.4. The van der Waals surface area contributed by atoms with Crippen LogP contribution in [-0.2, 0) is 14.3 Å². The van der Waals surface area contributed by atoms with Crippen molar-refractivity contribution in [2.24, 2.45) is 0 Å². The first-order valence-corrected chi connectivity index (χ1v) is 27.8. The molecule has 0 heterocycles. The molecule has 0 aromatic carbocycles. The highest BCUT2D eigenvalue weighted by Crippen LogP contribution is 2.19. The molecule has 0 aromatic heterocycles. The molecule has 0 fully saturated rings. The number of esters is 1. The van der Waals surface area contributed by atoms with E-state index in [1.165, 1.54) is 225 Å². The number of hydrogen-bond donors (Lipinski definition) is 3. The minimum Gasteiger partial charge on any atom is -0.462 e. The van der Waals surface area contributed by atoms with Gasteiger partial charge in [0.25, 0.3) is 0 Å². The molecule has 0 radical (unpaired) electrons. The van der Waals surface area contributed by atoms with Crippen LogP contribution >= 0.6 is 0 Å². The van der Waals surface area contributed by atoms with Crippen LogP contribution in [0.4, 0.5) is 0 Å². The molecule has 0 saturated carbocycles. The van der Waals surface area contributed by atoms with E-state index in [2.05, 4.69) is 26.1 Å². The van der Waals surface area contributed by atoms with E-state index in [0.717, 1.165) is 44.9 Å². The van der Waals surface area contributed by atoms with Gasteiger partial charge < -0.3 is 20.3 Å². The molecule has 3 N–H and O–H groups in total.